The fraction of sp³-hybridized carbons (Fsp3) is 0.600. The van der Waals surface area contributed by atoms with Gasteiger partial charge in [-0.2, -0.15) is 5.10 Å². The van der Waals surface area contributed by atoms with Crippen LogP contribution in [0.2, 0.25) is 5.02 Å². The standard InChI is InChI=1S/C20H29ClN4O/c1-4-26-18-8-5-15(6-9-18)12-25-19-10-7-17(21)11-16(19)13-24(3)14-20(25)23-22-2/h7,10-11,15,18H,2,4-6,8-9,12-14H2,1,3H3/b23-20-. The van der Waals surface area contributed by atoms with E-state index in [4.69, 9.17) is 16.3 Å². The van der Waals surface area contributed by atoms with Gasteiger partial charge in [0.15, 0.2) is 0 Å². The Bertz CT molecular complexity index is 655. The molecule has 1 saturated carbocycles. The molecule has 26 heavy (non-hydrogen) atoms. The Labute approximate surface area is 161 Å². The monoisotopic (exact) mass is 376 g/mol. The fourth-order valence-electron chi connectivity index (χ4n) is 4.10. The molecule has 6 heteroatoms. The summed E-state index contributed by atoms with van der Waals surface area (Å²) in [6.45, 7) is 9.01. The summed E-state index contributed by atoms with van der Waals surface area (Å²) in [5.41, 5.74) is 2.42. The molecule has 0 radical (unpaired) electrons. The number of halogens is 1. The zero-order chi connectivity index (χ0) is 18.5. The van der Waals surface area contributed by atoms with Gasteiger partial charge in [-0.25, -0.2) is 0 Å². The van der Waals surface area contributed by atoms with E-state index in [1.165, 1.54) is 24.1 Å². The highest BCUT2D eigenvalue weighted by Crippen LogP contribution is 2.32. The summed E-state index contributed by atoms with van der Waals surface area (Å²) in [6, 6.07) is 6.14. The third-order valence-electron chi connectivity index (χ3n) is 5.32. The summed E-state index contributed by atoms with van der Waals surface area (Å²) in [5.74, 6) is 1.59. The van der Waals surface area contributed by atoms with E-state index in [0.717, 1.165) is 49.9 Å². The third-order valence-corrected chi connectivity index (χ3v) is 5.55. The van der Waals surface area contributed by atoms with Crippen molar-refractivity contribution >= 4 is 29.8 Å². The number of hydrogen-bond acceptors (Lipinski definition) is 4. The molecule has 0 bridgehead atoms. The number of rotatable bonds is 5. The number of ether oxygens (including phenoxy) is 1. The molecular weight excluding hydrogens is 348 g/mol. The molecule has 0 amide bonds. The lowest BCUT2D eigenvalue weighted by atomic mass is 9.86. The Morgan fingerprint density at radius 1 is 1.23 bits per heavy atom. The lowest BCUT2D eigenvalue weighted by Gasteiger charge is -2.34. The van der Waals surface area contributed by atoms with Crippen molar-refractivity contribution < 1.29 is 4.74 Å². The van der Waals surface area contributed by atoms with E-state index < -0.39 is 0 Å². The van der Waals surface area contributed by atoms with Gasteiger partial charge in [-0.05, 0) is 69.3 Å². The van der Waals surface area contributed by atoms with E-state index in [0.29, 0.717) is 12.0 Å². The molecule has 1 aromatic carbocycles. The molecule has 0 aromatic heterocycles. The van der Waals surface area contributed by atoms with Gasteiger partial charge in [0.25, 0.3) is 0 Å². The van der Waals surface area contributed by atoms with Gasteiger partial charge in [0.1, 0.15) is 5.84 Å². The van der Waals surface area contributed by atoms with E-state index in [1.807, 2.05) is 6.07 Å². The molecule has 1 aliphatic carbocycles. The Balaban J connectivity index is 1.82. The maximum Gasteiger partial charge on any atom is 0.146 e. The van der Waals surface area contributed by atoms with Crippen LogP contribution in [-0.2, 0) is 11.3 Å². The molecule has 0 atom stereocenters. The minimum atomic E-state index is 0.431. The van der Waals surface area contributed by atoms with Crippen molar-refractivity contribution in [2.45, 2.75) is 45.3 Å². The highest BCUT2D eigenvalue weighted by Gasteiger charge is 2.28. The topological polar surface area (TPSA) is 40.4 Å². The molecule has 0 unspecified atom stereocenters. The largest absolute Gasteiger partial charge is 0.379 e. The first-order chi connectivity index (χ1) is 12.6. The number of likely N-dealkylation sites (N-methyl/N-ethyl adjacent to an activating group) is 1. The number of anilines is 1. The minimum absolute atomic E-state index is 0.431. The zero-order valence-corrected chi connectivity index (χ0v) is 16.6. The first kappa shape index (κ1) is 19.3. The molecule has 1 heterocycles. The van der Waals surface area contributed by atoms with Crippen molar-refractivity contribution in [3.05, 3.63) is 28.8 Å². The van der Waals surface area contributed by atoms with Crippen LogP contribution < -0.4 is 4.90 Å². The quantitative estimate of drug-likeness (QED) is 0.571. The lowest BCUT2D eigenvalue weighted by Crippen LogP contribution is -2.40. The second kappa shape index (κ2) is 8.98. The fourth-order valence-corrected chi connectivity index (χ4v) is 4.30. The van der Waals surface area contributed by atoms with E-state index in [-0.39, 0.29) is 0 Å². The van der Waals surface area contributed by atoms with Crippen LogP contribution in [0.15, 0.2) is 28.4 Å². The molecule has 142 valence electrons. The van der Waals surface area contributed by atoms with Gasteiger partial charge in [-0.3, -0.25) is 4.90 Å². The van der Waals surface area contributed by atoms with Gasteiger partial charge in [-0.15, -0.1) is 5.10 Å². The van der Waals surface area contributed by atoms with Crippen LogP contribution in [0.25, 0.3) is 0 Å². The summed E-state index contributed by atoms with van der Waals surface area (Å²) in [6.07, 6.45) is 5.10. The Kier molecular flexibility index (Phi) is 6.68. The van der Waals surface area contributed by atoms with Crippen LogP contribution in [0.4, 0.5) is 5.69 Å². The first-order valence-corrected chi connectivity index (χ1v) is 9.87. The second-order valence-electron chi connectivity index (χ2n) is 7.31. The number of amidine groups is 1. The average molecular weight is 377 g/mol. The molecule has 0 saturated heterocycles. The summed E-state index contributed by atoms with van der Waals surface area (Å²) in [7, 11) is 2.10. The van der Waals surface area contributed by atoms with Crippen LogP contribution in [-0.4, -0.2) is 50.3 Å². The van der Waals surface area contributed by atoms with Crippen molar-refractivity contribution in [2.75, 3.05) is 31.6 Å². The Morgan fingerprint density at radius 2 is 2.00 bits per heavy atom. The molecule has 1 fully saturated rings. The highest BCUT2D eigenvalue weighted by atomic mass is 35.5. The first-order valence-electron chi connectivity index (χ1n) is 9.49. The summed E-state index contributed by atoms with van der Waals surface area (Å²) >= 11 is 6.25. The van der Waals surface area contributed by atoms with Gasteiger partial charge in [0.05, 0.1) is 12.6 Å². The zero-order valence-electron chi connectivity index (χ0n) is 15.8. The molecule has 1 aromatic rings. The normalized spacial score (nSPS) is 25.8. The SMILES string of the molecule is C=N/N=C1/CN(C)Cc2cc(Cl)ccc2N1CC1CCC(OCC)CC1. The van der Waals surface area contributed by atoms with Crippen LogP contribution in [0.1, 0.15) is 38.2 Å². The number of benzene rings is 1. The summed E-state index contributed by atoms with van der Waals surface area (Å²) in [5, 5.41) is 8.97. The molecule has 3 rings (SSSR count). The molecule has 1 aliphatic heterocycles. The second-order valence-corrected chi connectivity index (χ2v) is 7.75. The van der Waals surface area contributed by atoms with Crippen LogP contribution in [0.5, 0.6) is 0 Å². The Morgan fingerprint density at radius 3 is 2.69 bits per heavy atom. The van der Waals surface area contributed by atoms with Gasteiger partial charge >= 0.3 is 0 Å². The predicted octanol–water partition coefficient (Wildman–Crippen LogP) is 4.20. The van der Waals surface area contributed by atoms with Crippen molar-refractivity contribution in [1.29, 1.82) is 0 Å². The smallest absolute Gasteiger partial charge is 0.146 e. The molecule has 5 nitrogen and oxygen atoms in total. The summed E-state index contributed by atoms with van der Waals surface area (Å²) in [4.78, 5) is 4.57. The van der Waals surface area contributed by atoms with Crippen LogP contribution >= 0.6 is 11.6 Å². The molecule has 0 N–H and O–H groups in total. The van der Waals surface area contributed by atoms with Gasteiger partial charge in [-0.1, -0.05) is 11.6 Å². The molecular formula is C20H29ClN4O. The van der Waals surface area contributed by atoms with E-state index in [2.05, 4.69) is 52.8 Å². The lowest BCUT2D eigenvalue weighted by molar-refractivity contribution is 0.0267. The van der Waals surface area contributed by atoms with E-state index in [9.17, 15) is 0 Å². The molecule has 2 aliphatic rings. The molecule has 0 spiro atoms. The van der Waals surface area contributed by atoms with Crippen LogP contribution in [0, 0.1) is 5.92 Å². The van der Waals surface area contributed by atoms with Crippen molar-refractivity contribution in [3.63, 3.8) is 0 Å². The van der Waals surface area contributed by atoms with Crippen molar-refractivity contribution in [3.8, 4) is 0 Å². The minimum Gasteiger partial charge on any atom is -0.379 e. The van der Waals surface area contributed by atoms with Gasteiger partial charge in [0.2, 0.25) is 0 Å². The van der Waals surface area contributed by atoms with Crippen molar-refractivity contribution in [2.24, 2.45) is 16.1 Å². The number of nitrogens with zero attached hydrogens (tertiary/aromatic N) is 4. The van der Waals surface area contributed by atoms with E-state index >= 15 is 0 Å². The maximum atomic E-state index is 6.25. The van der Waals surface area contributed by atoms with Gasteiger partial charge < -0.3 is 9.64 Å². The van der Waals surface area contributed by atoms with E-state index in [1.54, 1.807) is 0 Å². The predicted molar refractivity (Wildman–Crippen MR) is 109 cm³/mol. The number of hydrogen-bond donors (Lipinski definition) is 0. The summed E-state index contributed by atoms with van der Waals surface area (Å²) < 4.78 is 5.80. The van der Waals surface area contributed by atoms with Crippen molar-refractivity contribution in [1.82, 2.24) is 4.90 Å². The van der Waals surface area contributed by atoms with Gasteiger partial charge in [0, 0.05) is 37.1 Å². The third kappa shape index (κ3) is 4.64. The highest BCUT2D eigenvalue weighted by molar-refractivity contribution is 6.30. The Hall–Kier alpha value is -1.43. The number of fused-ring (bicyclic) bond motifs is 1. The maximum absolute atomic E-state index is 6.25. The average Bonchev–Trinajstić information content (AvgIpc) is 2.73. The van der Waals surface area contributed by atoms with Crippen LogP contribution in [0.3, 0.4) is 0 Å².